The van der Waals surface area contributed by atoms with E-state index in [2.05, 4.69) is 10.1 Å². The fraction of sp³-hybridized carbons (Fsp3) is 0.462. The Morgan fingerprint density at radius 3 is 3.05 bits per heavy atom. The number of hydrogen-bond donors (Lipinski definition) is 2. The van der Waals surface area contributed by atoms with Crippen molar-refractivity contribution in [2.24, 2.45) is 5.73 Å². The molecular weight excluding hydrogens is 249 g/mol. The van der Waals surface area contributed by atoms with Crippen molar-refractivity contribution in [3.63, 3.8) is 0 Å². The van der Waals surface area contributed by atoms with Crippen LogP contribution in [0.15, 0.2) is 18.2 Å². The van der Waals surface area contributed by atoms with Crippen LogP contribution in [0.25, 0.3) is 0 Å². The Morgan fingerprint density at radius 2 is 2.42 bits per heavy atom. The number of ether oxygens (including phenoxy) is 1. The number of nitrogens with two attached hydrogens (primary N) is 1. The van der Waals surface area contributed by atoms with E-state index in [0.717, 1.165) is 18.7 Å². The quantitative estimate of drug-likeness (QED) is 0.864. The van der Waals surface area contributed by atoms with E-state index in [4.69, 9.17) is 5.73 Å². The van der Waals surface area contributed by atoms with Gasteiger partial charge in [-0.3, -0.25) is 0 Å². The van der Waals surface area contributed by atoms with Crippen LogP contribution in [-0.4, -0.2) is 32.3 Å². The lowest BCUT2D eigenvalue weighted by Gasteiger charge is -2.19. The number of halogens is 1. The lowest BCUT2D eigenvalue weighted by Crippen LogP contribution is -2.36. The van der Waals surface area contributed by atoms with Gasteiger partial charge in [-0.1, -0.05) is 6.07 Å². The highest BCUT2D eigenvalue weighted by Gasteiger charge is 2.24. The maximum Gasteiger partial charge on any atom is 0.407 e. The number of methoxy groups -OCH3 is 1. The molecule has 104 valence electrons. The van der Waals surface area contributed by atoms with Crippen LogP contribution in [0.5, 0.6) is 0 Å². The van der Waals surface area contributed by atoms with Crippen LogP contribution in [0.2, 0.25) is 0 Å². The van der Waals surface area contributed by atoms with Crippen LogP contribution in [0.1, 0.15) is 12.0 Å². The van der Waals surface area contributed by atoms with Crippen LogP contribution >= 0.6 is 0 Å². The summed E-state index contributed by atoms with van der Waals surface area (Å²) in [6.07, 6.45) is 0.381. The second-order valence-corrected chi connectivity index (χ2v) is 4.55. The summed E-state index contributed by atoms with van der Waals surface area (Å²) in [4.78, 5) is 13.2. The molecule has 0 bridgehead atoms. The highest BCUT2D eigenvalue weighted by molar-refractivity contribution is 5.67. The molecule has 5 nitrogen and oxygen atoms in total. The number of anilines is 1. The third-order valence-corrected chi connectivity index (χ3v) is 3.32. The molecule has 1 aromatic rings. The predicted molar refractivity (Wildman–Crippen MR) is 70.5 cm³/mol. The zero-order valence-electron chi connectivity index (χ0n) is 10.9. The molecule has 6 heteroatoms. The molecule has 0 saturated carbocycles. The highest BCUT2D eigenvalue weighted by atomic mass is 19.1. The predicted octanol–water partition coefficient (Wildman–Crippen LogP) is 1.22. The summed E-state index contributed by atoms with van der Waals surface area (Å²) in [5, 5.41) is 2.75. The van der Waals surface area contributed by atoms with E-state index < -0.39 is 6.09 Å². The zero-order valence-corrected chi connectivity index (χ0v) is 10.9. The molecule has 2 rings (SSSR count). The summed E-state index contributed by atoms with van der Waals surface area (Å²) in [5.41, 5.74) is 6.75. The van der Waals surface area contributed by atoms with Gasteiger partial charge in [0.05, 0.1) is 13.2 Å². The summed E-state index contributed by atoms with van der Waals surface area (Å²) < 4.78 is 18.2. The van der Waals surface area contributed by atoms with Gasteiger partial charge in [0.25, 0.3) is 0 Å². The van der Waals surface area contributed by atoms with Gasteiger partial charge in [0.2, 0.25) is 0 Å². The Morgan fingerprint density at radius 1 is 1.63 bits per heavy atom. The molecule has 1 atom stereocenters. The largest absolute Gasteiger partial charge is 0.453 e. The van der Waals surface area contributed by atoms with Crippen LogP contribution in [0.3, 0.4) is 0 Å². The fourth-order valence-electron chi connectivity index (χ4n) is 2.24. The molecular formula is C13H18FN3O2. The molecule has 0 spiro atoms. The van der Waals surface area contributed by atoms with E-state index in [9.17, 15) is 9.18 Å². The summed E-state index contributed by atoms with van der Waals surface area (Å²) in [6.45, 7) is 1.62. The number of nitrogens with one attached hydrogen (secondary N) is 1. The summed E-state index contributed by atoms with van der Waals surface area (Å²) in [6, 6.07) is 5.07. The van der Waals surface area contributed by atoms with Gasteiger partial charge in [0.15, 0.2) is 0 Å². The van der Waals surface area contributed by atoms with E-state index in [1.807, 2.05) is 11.0 Å². The van der Waals surface area contributed by atoms with E-state index in [1.165, 1.54) is 13.2 Å². The van der Waals surface area contributed by atoms with Crippen LogP contribution in [-0.2, 0) is 11.3 Å². The highest BCUT2D eigenvalue weighted by Crippen LogP contribution is 2.22. The Labute approximate surface area is 111 Å². The van der Waals surface area contributed by atoms with Crippen LogP contribution in [0.4, 0.5) is 14.9 Å². The smallest absolute Gasteiger partial charge is 0.407 e. The minimum absolute atomic E-state index is 0.0321. The van der Waals surface area contributed by atoms with Gasteiger partial charge in [0.1, 0.15) is 5.82 Å². The van der Waals surface area contributed by atoms with Gasteiger partial charge in [-0.25, -0.2) is 9.18 Å². The summed E-state index contributed by atoms with van der Waals surface area (Å²) in [5.74, 6) is -0.288. The molecule has 0 aromatic heterocycles. The Balaban J connectivity index is 2.00. The number of benzene rings is 1. The van der Waals surface area contributed by atoms with Crippen molar-refractivity contribution >= 4 is 11.8 Å². The van der Waals surface area contributed by atoms with Gasteiger partial charge >= 0.3 is 6.09 Å². The average molecular weight is 267 g/mol. The lowest BCUT2D eigenvalue weighted by molar-refractivity contribution is 0.167. The normalized spacial score (nSPS) is 18.5. The van der Waals surface area contributed by atoms with Crippen molar-refractivity contribution in [3.8, 4) is 0 Å². The fourth-order valence-corrected chi connectivity index (χ4v) is 2.24. The molecule has 0 radical (unpaired) electrons. The Hall–Kier alpha value is -1.82. The van der Waals surface area contributed by atoms with Gasteiger partial charge < -0.3 is 20.7 Å². The standard InChI is InChI=1S/C13H18FN3O2/c1-19-13(18)16-10-4-5-17(8-10)11-3-2-9(7-15)12(14)6-11/h2-3,6,10H,4-5,7-8,15H2,1H3,(H,16,18). The van der Waals surface area contributed by atoms with E-state index in [1.54, 1.807) is 6.07 Å². The Kier molecular flexibility index (Phi) is 4.21. The monoisotopic (exact) mass is 267 g/mol. The summed E-state index contributed by atoms with van der Waals surface area (Å²) in [7, 11) is 1.34. The van der Waals surface area contributed by atoms with Gasteiger partial charge in [0, 0.05) is 30.9 Å². The first kappa shape index (κ1) is 13.6. The van der Waals surface area contributed by atoms with Crippen molar-refractivity contribution in [3.05, 3.63) is 29.6 Å². The van der Waals surface area contributed by atoms with Gasteiger partial charge in [-0.15, -0.1) is 0 Å². The number of hydrogen-bond acceptors (Lipinski definition) is 4. The molecule has 1 aromatic carbocycles. The topological polar surface area (TPSA) is 67.6 Å². The number of carbonyl (C=O) groups is 1. The first-order valence-corrected chi connectivity index (χ1v) is 6.22. The number of alkyl carbamates (subject to hydrolysis) is 1. The van der Waals surface area contributed by atoms with Crippen LogP contribution < -0.4 is 16.0 Å². The molecule has 1 aliphatic heterocycles. The second kappa shape index (κ2) is 5.88. The molecule has 19 heavy (non-hydrogen) atoms. The SMILES string of the molecule is COC(=O)NC1CCN(c2ccc(CN)c(F)c2)C1. The minimum Gasteiger partial charge on any atom is -0.453 e. The van der Waals surface area contributed by atoms with E-state index in [-0.39, 0.29) is 18.4 Å². The number of rotatable bonds is 3. The van der Waals surface area contributed by atoms with Crippen molar-refractivity contribution in [2.45, 2.75) is 19.0 Å². The maximum absolute atomic E-state index is 13.7. The molecule has 1 unspecified atom stereocenters. The summed E-state index contributed by atoms with van der Waals surface area (Å²) >= 11 is 0. The number of amides is 1. The molecule has 1 amide bonds. The third-order valence-electron chi connectivity index (χ3n) is 3.32. The second-order valence-electron chi connectivity index (χ2n) is 4.55. The maximum atomic E-state index is 13.7. The Bertz CT molecular complexity index is 467. The molecule has 1 aliphatic rings. The number of carbonyl (C=O) groups excluding carboxylic acids is 1. The molecule has 1 heterocycles. The van der Waals surface area contributed by atoms with E-state index >= 15 is 0 Å². The molecule has 3 N–H and O–H groups in total. The van der Waals surface area contributed by atoms with Crippen molar-refractivity contribution in [1.82, 2.24) is 5.32 Å². The average Bonchev–Trinajstić information content (AvgIpc) is 2.87. The van der Waals surface area contributed by atoms with Gasteiger partial charge in [-0.05, 0) is 18.6 Å². The van der Waals surface area contributed by atoms with Crippen LogP contribution in [0, 0.1) is 5.82 Å². The first-order valence-electron chi connectivity index (χ1n) is 6.22. The zero-order chi connectivity index (χ0) is 13.8. The number of nitrogens with zero attached hydrogens (tertiary/aromatic N) is 1. The van der Waals surface area contributed by atoms with Crippen molar-refractivity contribution < 1.29 is 13.9 Å². The van der Waals surface area contributed by atoms with Gasteiger partial charge in [-0.2, -0.15) is 0 Å². The lowest BCUT2D eigenvalue weighted by atomic mass is 10.2. The molecule has 1 saturated heterocycles. The molecule has 0 aliphatic carbocycles. The van der Waals surface area contributed by atoms with E-state index in [0.29, 0.717) is 12.1 Å². The first-order chi connectivity index (χ1) is 9.13. The third kappa shape index (κ3) is 3.14. The van der Waals surface area contributed by atoms with Crippen molar-refractivity contribution in [2.75, 3.05) is 25.1 Å². The minimum atomic E-state index is -0.434. The molecule has 1 fully saturated rings. The van der Waals surface area contributed by atoms with Crippen molar-refractivity contribution in [1.29, 1.82) is 0 Å².